The predicted octanol–water partition coefficient (Wildman–Crippen LogP) is 2.94. The first-order chi connectivity index (χ1) is 13.3. The van der Waals surface area contributed by atoms with Gasteiger partial charge < -0.3 is 14.8 Å². The van der Waals surface area contributed by atoms with Gasteiger partial charge in [-0.05, 0) is 12.1 Å². The molecule has 27 heavy (non-hydrogen) atoms. The molecular formula is C18H15N7OS. The summed E-state index contributed by atoms with van der Waals surface area (Å²) < 4.78 is 4.76. The first kappa shape index (κ1) is 15.9. The monoisotopic (exact) mass is 377 g/mol. The lowest BCUT2D eigenvalue weighted by atomic mass is 10.1. The first-order valence-electron chi connectivity index (χ1n) is 8.38. The summed E-state index contributed by atoms with van der Waals surface area (Å²) in [6.07, 6.45) is 9.11. The van der Waals surface area contributed by atoms with Crippen LogP contribution in [0.5, 0.6) is 0 Å². The third-order valence-corrected chi connectivity index (χ3v) is 5.04. The zero-order valence-electron chi connectivity index (χ0n) is 14.1. The van der Waals surface area contributed by atoms with E-state index >= 15 is 0 Å². The zero-order chi connectivity index (χ0) is 18.2. The number of hydrogen-bond donors (Lipinski definition) is 2. The molecule has 2 N–H and O–H groups in total. The molecule has 0 atom stereocenters. The van der Waals surface area contributed by atoms with E-state index in [1.807, 2.05) is 34.6 Å². The molecule has 0 aliphatic heterocycles. The molecule has 0 saturated heterocycles. The van der Waals surface area contributed by atoms with E-state index in [0.29, 0.717) is 12.4 Å². The number of fused-ring (bicyclic) bond motifs is 2. The molecule has 4 aromatic heterocycles. The smallest absolute Gasteiger partial charge is 0.180 e. The highest BCUT2D eigenvalue weighted by atomic mass is 32.1. The summed E-state index contributed by atoms with van der Waals surface area (Å²) in [7, 11) is 0. The zero-order valence-corrected chi connectivity index (χ0v) is 15.0. The Bertz CT molecular complexity index is 1240. The fourth-order valence-electron chi connectivity index (χ4n) is 2.96. The summed E-state index contributed by atoms with van der Waals surface area (Å²) in [5.41, 5.74) is 6.13. The number of rotatable bonds is 5. The van der Waals surface area contributed by atoms with Crippen molar-refractivity contribution in [1.82, 2.24) is 29.1 Å². The van der Waals surface area contributed by atoms with Gasteiger partial charge in [0.25, 0.3) is 0 Å². The van der Waals surface area contributed by atoms with Gasteiger partial charge in [0.1, 0.15) is 0 Å². The molecule has 0 bridgehead atoms. The number of aliphatic hydroxyl groups is 1. The van der Waals surface area contributed by atoms with Gasteiger partial charge in [-0.15, -0.1) is 11.3 Å². The lowest BCUT2D eigenvalue weighted by molar-refractivity contribution is 0.269. The van der Waals surface area contributed by atoms with Crippen molar-refractivity contribution in [2.24, 2.45) is 0 Å². The highest BCUT2D eigenvalue weighted by Gasteiger charge is 2.11. The van der Waals surface area contributed by atoms with Gasteiger partial charge in [0.2, 0.25) is 0 Å². The van der Waals surface area contributed by atoms with E-state index in [0.717, 1.165) is 32.8 Å². The Morgan fingerprint density at radius 2 is 2.15 bits per heavy atom. The summed E-state index contributed by atoms with van der Waals surface area (Å²) in [6, 6.07) is 6.16. The second-order valence-electron chi connectivity index (χ2n) is 6.01. The standard InChI is InChI=1S/C18H15N7OS/c26-6-5-25-9-13(8-21-25)22-17-18-19-3-4-24(18)10-15(23-17)12-1-2-16-14(7-12)20-11-27-16/h1-4,7-11,26H,5-6H2,(H,22,23). The van der Waals surface area contributed by atoms with Crippen molar-refractivity contribution in [3.8, 4) is 11.3 Å². The number of aliphatic hydroxyl groups excluding tert-OH is 1. The van der Waals surface area contributed by atoms with Crippen molar-refractivity contribution in [2.75, 3.05) is 11.9 Å². The maximum absolute atomic E-state index is 9.04. The summed E-state index contributed by atoms with van der Waals surface area (Å²) in [4.78, 5) is 13.6. The molecule has 8 nitrogen and oxygen atoms in total. The number of anilines is 2. The molecule has 134 valence electrons. The first-order valence-corrected chi connectivity index (χ1v) is 9.26. The van der Waals surface area contributed by atoms with Crippen LogP contribution in [0.2, 0.25) is 0 Å². The Labute approximate surface area is 157 Å². The molecule has 5 aromatic rings. The highest BCUT2D eigenvalue weighted by Crippen LogP contribution is 2.27. The Kier molecular flexibility index (Phi) is 3.80. The van der Waals surface area contributed by atoms with Gasteiger partial charge in [-0.3, -0.25) is 4.68 Å². The van der Waals surface area contributed by atoms with Gasteiger partial charge in [-0.25, -0.2) is 15.0 Å². The molecule has 4 heterocycles. The van der Waals surface area contributed by atoms with Crippen molar-refractivity contribution in [2.45, 2.75) is 6.54 Å². The van der Waals surface area contributed by atoms with Crippen molar-refractivity contribution < 1.29 is 5.11 Å². The molecule has 0 fully saturated rings. The van der Waals surface area contributed by atoms with Crippen LogP contribution in [-0.2, 0) is 6.54 Å². The molecular weight excluding hydrogens is 362 g/mol. The minimum atomic E-state index is 0.0401. The molecule has 0 aliphatic rings. The van der Waals surface area contributed by atoms with Gasteiger partial charge >= 0.3 is 0 Å². The van der Waals surface area contributed by atoms with Crippen LogP contribution in [-0.4, -0.2) is 40.8 Å². The Balaban J connectivity index is 1.57. The van der Waals surface area contributed by atoms with Crippen LogP contribution in [0.1, 0.15) is 0 Å². The molecule has 0 amide bonds. The van der Waals surface area contributed by atoms with Gasteiger partial charge in [-0.2, -0.15) is 5.10 Å². The summed E-state index contributed by atoms with van der Waals surface area (Å²) >= 11 is 1.62. The number of nitrogens with zero attached hydrogens (tertiary/aromatic N) is 6. The highest BCUT2D eigenvalue weighted by molar-refractivity contribution is 7.16. The molecule has 0 spiro atoms. The van der Waals surface area contributed by atoms with E-state index in [1.54, 1.807) is 28.4 Å². The van der Waals surface area contributed by atoms with E-state index in [2.05, 4.69) is 32.5 Å². The van der Waals surface area contributed by atoms with Crippen LogP contribution in [0.3, 0.4) is 0 Å². The number of benzene rings is 1. The number of hydrogen-bond acceptors (Lipinski definition) is 7. The number of aromatic nitrogens is 6. The molecule has 0 unspecified atom stereocenters. The quantitative estimate of drug-likeness (QED) is 0.489. The van der Waals surface area contributed by atoms with E-state index in [9.17, 15) is 0 Å². The Morgan fingerprint density at radius 1 is 1.19 bits per heavy atom. The van der Waals surface area contributed by atoms with Gasteiger partial charge in [0.05, 0.1) is 46.5 Å². The van der Waals surface area contributed by atoms with Crippen molar-refractivity contribution in [3.63, 3.8) is 0 Å². The molecule has 9 heteroatoms. The summed E-state index contributed by atoms with van der Waals surface area (Å²) in [5, 5.41) is 16.5. The minimum Gasteiger partial charge on any atom is -0.394 e. The van der Waals surface area contributed by atoms with Gasteiger partial charge in [0.15, 0.2) is 11.5 Å². The van der Waals surface area contributed by atoms with Crippen LogP contribution in [0.4, 0.5) is 11.5 Å². The van der Waals surface area contributed by atoms with Crippen LogP contribution < -0.4 is 5.32 Å². The average Bonchev–Trinajstić information content (AvgIpc) is 3.41. The normalized spacial score (nSPS) is 11.4. The maximum Gasteiger partial charge on any atom is 0.180 e. The lowest BCUT2D eigenvalue weighted by Crippen LogP contribution is -2.02. The topological polar surface area (TPSA) is 93.2 Å². The van der Waals surface area contributed by atoms with Crippen molar-refractivity contribution in [1.29, 1.82) is 0 Å². The van der Waals surface area contributed by atoms with E-state index in [-0.39, 0.29) is 6.61 Å². The molecule has 1 aromatic carbocycles. The third-order valence-electron chi connectivity index (χ3n) is 4.23. The van der Waals surface area contributed by atoms with Crippen molar-refractivity contribution >= 4 is 38.7 Å². The van der Waals surface area contributed by atoms with E-state index < -0.39 is 0 Å². The summed E-state index contributed by atoms with van der Waals surface area (Å²) in [6.45, 7) is 0.486. The molecule has 0 saturated carbocycles. The minimum absolute atomic E-state index is 0.0401. The average molecular weight is 377 g/mol. The summed E-state index contributed by atoms with van der Waals surface area (Å²) in [5.74, 6) is 0.638. The lowest BCUT2D eigenvalue weighted by Gasteiger charge is -2.09. The van der Waals surface area contributed by atoms with Crippen molar-refractivity contribution in [3.05, 3.63) is 54.7 Å². The fraction of sp³-hybridized carbons (Fsp3) is 0.111. The van der Waals surface area contributed by atoms with Gasteiger partial charge in [0, 0.05) is 30.4 Å². The van der Waals surface area contributed by atoms with E-state index in [4.69, 9.17) is 10.1 Å². The van der Waals surface area contributed by atoms with E-state index in [1.165, 1.54) is 0 Å². The fourth-order valence-corrected chi connectivity index (χ4v) is 3.62. The number of imidazole rings is 1. The van der Waals surface area contributed by atoms with Gasteiger partial charge in [-0.1, -0.05) is 6.07 Å². The van der Waals surface area contributed by atoms with Crippen LogP contribution in [0, 0.1) is 0 Å². The molecule has 5 rings (SSSR count). The number of nitrogens with one attached hydrogen (secondary N) is 1. The van der Waals surface area contributed by atoms with Crippen LogP contribution in [0.25, 0.3) is 27.1 Å². The SMILES string of the molecule is OCCn1cc(Nc2nc(-c3ccc4scnc4c3)cn3ccnc23)cn1. The van der Waals surface area contributed by atoms with Crippen LogP contribution >= 0.6 is 11.3 Å². The molecule has 0 radical (unpaired) electrons. The second-order valence-corrected chi connectivity index (χ2v) is 6.89. The Morgan fingerprint density at radius 3 is 3.07 bits per heavy atom. The molecule has 0 aliphatic carbocycles. The Hall–Kier alpha value is -3.30. The second kappa shape index (κ2) is 6.45. The maximum atomic E-state index is 9.04. The number of thiazole rings is 1. The predicted molar refractivity (Wildman–Crippen MR) is 104 cm³/mol. The largest absolute Gasteiger partial charge is 0.394 e. The third kappa shape index (κ3) is 2.92. The van der Waals surface area contributed by atoms with Crippen LogP contribution in [0.15, 0.2) is 54.7 Å².